The van der Waals surface area contributed by atoms with Crippen molar-refractivity contribution in [1.82, 2.24) is 10.3 Å². The molecule has 1 atom stereocenters. The first-order chi connectivity index (χ1) is 11.6. The Balaban J connectivity index is 1.34. The fraction of sp³-hybridized carbons (Fsp3) is 0.500. The van der Waals surface area contributed by atoms with Gasteiger partial charge in [-0.3, -0.25) is 9.59 Å². The number of amides is 1. The summed E-state index contributed by atoms with van der Waals surface area (Å²) in [6, 6.07) is 8.18. The molecule has 0 bridgehead atoms. The minimum absolute atomic E-state index is 0.176. The molecule has 0 radical (unpaired) electrons. The summed E-state index contributed by atoms with van der Waals surface area (Å²) in [4.78, 5) is 28.0. The van der Waals surface area contributed by atoms with E-state index in [4.69, 9.17) is 4.74 Å². The van der Waals surface area contributed by atoms with Gasteiger partial charge in [-0.1, -0.05) is 12.1 Å². The van der Waals surface area contributed by atoms with Gasteiger partial charge in [-0.05, 0) is 50.7 Å². The zero-order valence-electron chi connectivity index (χ0n) is 13.8. The van der Waals surface area contributed by atoms with Crippen molar-refractivity contribution in [1.29, 1.82) is 0 Å². The SMILES string of the molecule is C[C@@H](NC(=O)COC(=O)CCCc1nc2ccccc2s1)C1CC1. The van der Waals surface area contributed by atoms with Crippen LogP contribution >= 0.6 is 11.3 Å². The molecule has 0 unspecified atom stereocenters. The maximum atomic E-state index is 11.7. The van der Waals surface area contributed by atoms with Gasteiger partial charge in [-0.15, -0.1) is 11.3 Å². The summed E-state index contributed by atoms with van der Waals surface area (Å²) in [5.41, 5.74) is 1.00. The summed E-state index contributed by atoms with van der Waals surface area (Å²) in [5.74, 6) is 0.0534. The second-order valence-electron chi connectivity index (χ2n) is 6.28. The zero-order chi connectivity index (χ0) is 16.9. The van der Waals surface area contributed by atoms with Crippen LogP contribution in [0.5, 0.6) is 0 Å². The van der Waals surface area contributed by atoms with Crippen LogP contribution in [0.4, 0.5) is 0 Å². The average molecular weight is 346 g/mol. The number of nitrogens with one attached hydrogen (secondary N) is 1. The van der Waals surface area contributed by atoms with E-state index >= 15 is 0 Å². The number of thiazole rings is 1. The van der Waals surface area contributed by atoms with Crippen LogP contribution in [-0.2, 0) is 20.7 Å². The van der Waals surface area contributed by atoms with Gasteiger partial charge in [0.05, 0.1) is 15.2 Å². The number of aromatic nitrogens is 1. The highest BCUT2D eigenvalue weighted by atomic mass is 32.1. The van der Waals surface area contributed by atoms with Crippen molar-refractivity contribution < 1.29 is 14.3 Å². The molecule has 128 valence electrons. The Labute approximate surface area is 145 Å². The molecular weight excluding hydrogens is 324 g/mol. The number of esters is 1. The first-order valence-corrected chi connectivity index (χ1v) is 9.23. The number of para-hydroxylation sites is 1. The number of nitrogens with zero attached hydrogens (tertiary/aromatic N) is 1. The molecule has 1 aliphatic rings. The standard InChI is InChI=1S/C18H22N2O3S/c1-12(13-9-10-13)19-16(21)11-23-18(22)8-4-7-17-20-14-5-2-3-6-15(14)24-17/h2-3,5-6,12-13H,4,7-11H2,1H3,(H,19,21)/t12-/m1/s1. The number of fused-ring (bicyclic) bond motifs is 1. The van der Waals surface area contributed by atoms with Gasteiger partial charge >= 0.3 is 5.97 Å². The molecule has 0 saturated heterocycles. The molecule has 1 heterocycles. The van der Waals surface area contributed by atoms with Crippen molar-refractivity contribution in [3.63, 3.8) is 0 Å². The average Bonchev–Trinajstić information content (AvgIpc) is 3.33. The van der Waals surface area contributed by atoms with Crippen LogP contribution < -0.4 is 5.32 Å². The molecule has 6 heteroatoms. The minimum Gasteiger partial charge on any atom is -0.456 e. The van der Waals surface area contributed by atoms with Gasteiger partial charge in [-0.25, -0.2) is 4.98 Å². The van der Waals surface area contributed by atoms with Crippen molar-refractivity contribution in [3.8, 4) is 0 Å². The van der Waals surface area contributed by atoms with Gasteiger partial charge in [0.15, 0.2) is 6.61 Å². The minimum atomic E-state index is -0.328. The van der Waals surface area contributed by atoms with Crippen LogP contribution in [0.25, 0.3) is 10.2 Å². The molecule has 5 nitrogen and oxygen atoms in total. The van der Waals surface area contributed by atoms with E-state index in [0.29, 0.717) is 18.8 Å². The Bertz CT molecular complexity index is 691. The van der Waals surface area contributed by atoms with E-state index in [1.807, 2.05) is 31.2 Å². The summed E-state index contributed by atoms with van der Waals surface area (Å²) in [6.07, 6.45) is 4.08. The molecule has 1 fully saturated rings. The van der Waals surface area contributed by atoms with Gasteiger partial charge < -0.3 is 10.1 Å². The monoisotopic (exact) mass is 346 g/mol. The number of aryl methyl sites for hydroxylation is 1. The van der Waals surface area contributed by atoms with E-state index in [2.05, 4.69) is 10.3 Å². The Hall–Kier alpha value is -1.95. The molecule has 3 rings (SSSR count). The van der Waals surface area contributed by atoms with Gasteiger partial charge in [0, 0.05) is 12.5 Å². The van der Waals surface area contributed by atoms with Crippen LogP contribution in [0.3, 0.4) is 0 Å². The summed E-state index contributed by atoms with van der Waals surface area (Å²) in [6.45, 7) is 1.81. The summed E-state index contributed by atoms with van der Waals surface area (Å²) in [7, 11) is 0. The highest BCUT2D eigenvalue weighted by Gasteiger charge is 2.28. The molecule has 1 aromatic heterocycles. The number of benzene rings is 1. The van der Waals surface area contributed by atoms with E-state index in [-0.39, 0.29) is 24.5 Å². The van der Waals surface area contributed by atoms with Crippen LogP contribution in [0.1, 0.15) is 37.6 Å². The van der Waals surface area contributed by atoms with Gasteiger partial charge in [0.1, 0.15) is 0 Å². The molecule has 1 N–H and O–H groups in total. The molecule has 24 heavy (non-hydrogen) atoms. The number of carbonyl (C=O) groups excluding carboxylic acids is 2. The van der Waals surface area contributed by atoms with Gasteiger partial charge in [-0.2, -0.15) is 0 Å². The van der Waals surface area contributed by atoms with Gasteiger partial charge in [0.2, 0.25) is 0 Å². The Morgan fingerprint density at radius 2 is 2.17 bits per heavy atom. The predicted octanol–water partition coefficient (Wildman–Crippen LogP) is 3.08. The lowest BCUT2D eigenvalue weighted by Gasteiger charge is -2.12. The number of hydrogen-bond acceptors (Lipinski definition) is 5. The lowest BCUT2D eigenvalue weighted by atomic mass is 10.2. The van der Waals surface area contributed by atoms with Crippen LogP contribution in [-0.4, -0.2) is 29.5 Å². The maximum Gasteiger partial charge on any atom is 0.306 e. The first kappa shape index (κ1) is 16.9. The molecule has 1 amide bonds. The predicted molar refractivity (Wildman–Crippen MR) is 93.8 cm³/mol. The molecular formula is C18H22N2O3S. The molecule has 0 aliphatic heterocycles. The Morgan fingerprint density at radius 3 is 2.92 bits per heavy atom. The van der Waals surface area contributed by atoms with E-state index in [1.54, 1.807) is 11.3 Å². The molecule has 0 spiro atoms. The number of ether oxygens (including phenoxy) is 1. The Morgan fingerprint density at radius 1 is 1.38 bits per heavy atom. The van der Waals surface area contributed by atoms with Crippen LogP contribution in [0, 0.1) is 5.92 Å². The Kier molecular flexibility index (Phi) is 5.45. The van der Waals surface area contributed by atoms with Crippen molar-refractivity contribution in [3.05, 3.63) is 29.3 Å². The molecule has 1 saturated carbocycles. The lowest BCUT2D eigenvalue weighted by molar-refractivity contribution is -0.148. The van der Waals surface area contributed by atoms with Crippen LogP contribution in [0.2, 0.25) is 0 Å². The third-order valence-corrected chi connectivity index (χ3v) is 5.29. The third-order valence-electron chi connectivity index (χ3n) is 4.19. The van der Waals surface area contributed by atoms with E-state index < -0.39 is 0 Å². The molecule has 1 aromatic carbocycles. The maximum absolute atomic E-state index is 11.7. The third kappa shape index (κ3) is 4.77. The second-order valence-corrected chi connectivity index (χ2v) is 7.40. The van der Waals surface area contributed by atoms with E-state index in [9.17, 15) is 9.59 Å². The second kappa shape index (κ2) is 7.75. The van der Waals surface area contributed by atoms with E-state index in [1.165, 1.54) is 12.8 Å². The first-order valence-electron chi connectivity index (χ1n) is 8.41. The zero-order valence-corrected chi connectivity index (χ0v) is 14.6. The summed E-state index contributed by atoms with van der Waals surface area (Å²) in [5, 5.41) is 3.90. The molecule has 2 aromatic rings. The quantitative estimate of drug-likeness (QED) is 0.746. The van der Waals surface area contributed by atoms with Gasteiger partial charge in [0.25, 0.3) is 5.91 Å². The van der Waals surface area contributed by atoms with Crippen molar-refractivity contribution in [2.75, 3.05) is 6.61 Å². The smallest absolute Gasteiger partial charge is 0.306 e. The van der Waals surface area contributed by atoms with Crippen molar-refractivity contribution in [2.45, 2.75) is 45.1 Å². The van der Waals surface area contributed by atoms with Crippen molar-refractivity contribution in [2.24, 2.45) is 5.92 Å². The largest absolute Gasteiger partial charge is 0.456 e. The summed E-state index contributed by atoms with van der Waals surface area (Å²) >= 11 is 1.66. The molecule has 1 aliphatic carbocycles. The van der Waals surface area contributed by atoms with Crippen molar-refractivity contribution >= 4 is 33.4 Å². The fourth-order valence-electron chi connectivity index (χ4n) is 2.64. The highest BCUT2D eigenvalue weighted by Crippen LogP contribution is 2.32. The normalized spacial score (nSPS) is 15.2. The fourth-order valence-corrected chi connectivity index (χ4v) is 3.65. The van der Waals surface area contributed by atoms with Crippen LogP contribution in [0.15, 0.2) is 24.3 Å². The summed E-state index contributed by atoms with van der Waals surface area (Å²) < 4.78 is 6.20. The highest BCUT2D eigenvalue weighted by molar-refractivity contribution is 7.18. The number of carbonyl (C=O) groups is 2. The number of rotatable bonds is 8. The van der Waals surface area contributed by atoms with E-state index in [0.717, 1.165) is 21.6 Å². The topological polar surface area (TPSA) is 68.3 Å². The number of hydrogen-bond donors (Lipinski definition) is 1. The lowest BCUT2D eigenvalue weighted by Crippen LogP contribution is -2.37.